The molecule has 0 saturated carbocycles. The minimum absolute atomic E-state index is 0.236. The topological polar surface area (TPSA) is 3.24 Å². The van der Waals surface area contributed by atoms with Crippen LogP contribution in [0, 0.1) is 0 Å². The molecule has 0 amide bonds. The van der Waals surface area contributed by atoms with E-state index in [0.717, 1.165) is 0 Å². The number of likely N-dealkylation sites (tertiary alicyclic amines) is 1. The maximum Gasteiger partial charge on any atom is 0.0265 e. The number of rotatable bonds is 4. The van der Waals surface area contributed by atoms with Gasteiger partial charge in [0.05, 0.1) is 0 Å². The van der Waals surface area contributed by atoms with Crippen molar-refractivity contribution in [2.75, 3.05) is 19.4 Å². The fourth-order valence-corrected chi connectivity index (χ4v) is 5.02. The third kappa shape index (κ3) is 3.23. The van der Waals surface area contributed by atoms with Crippen molar-refractivity contribution in [2.45, 2.75) is 12.8 Å². The molecule has 0 bridgehead atoms. The monoisotopic (exact) mass is 269 g/mol. The highest BCUT2D eigenvalue weighted by molar-refractivity contribution is 7.72. The second-order valence-corrected chi connectivity index (χ2v) is 7.24. The Hall–Kier alpha value is -1.17. The summed E-state index contributed by atoms with van der Waals surface area (Å²) in [4.78, 5) is 2.63. The summed E-state index contributed by atoms with van der Waals surface area (Å²) >= 11 is 0. The first-order valence-corrected chi connectivity index (χ1v) is 8.56. The van der Waals surface area contributed by atoms with E-state index in [0.29, 0.717) is 0 Å². The number of benzene rings is 2. The van der Waals surface area contributed by atoms with Crippen molar-refractivity contribution >= 4 is 18.5 Å². The second-order valence-electron chi connectivity index (χ2n) is 5.07. The zero-order valence-corrected chi connectivity index (χ0v) is 12.1. The molecule has 1 aliphatic rings. The summed E-state index contributed by atoms with van der Waals surface area (Å²) in [5.41, 5.74) is 0. The molecular weight excluding hydrogens is 249 g/mol. The lowest BCUT2D eigenvalue weighted by atomic mass is 10.4. The molecular formula is C17H20NP. The van der Waals surface area contributed by atoms with Crippen molar-refractivity contribution in [3.05, 3.63) is 60.7 Å². The van der Waals surface area contributed by atoms with Gasteiger partial charge in [0.2, 0.25) is 0 Å². The van der Waals surface area contributed by atoms with Gasteiger partial charge in [-0.25, -0.2) is 0 Å². The minimum Gasteiger partial charge on any atom is -0.299 e. The van der Waals surface area contributed by atoms with Crippen LogP contribution in [0.25, 0.3) is 0 Å². The quantitative estimate of drug-likeness (QED) is 0.771. The molecule has 2 aromatic rings. The predicted octanol–water partition coefficient (Wildman–Crippen LogP) is 3.17. The molecule has 3 rings (SSSR count). The van der Waals surface area contributed by atoms with Crippen LogP contribution in [-0.2, 0) is 0 Å². The van der Waals surface area contributed by atoms with Crippen molar-refractivity contribution in [3.63, 3.8) is 0 Å². The second kappa shape index (κ2) is 6.32. The predicted molar refractivity (Wildman–Crippen MR) is 84.7 cm³/mol. The molecule has 0 atom stereocenters. The van der Waals surface area contributed by atoms with Gasteiger partial charge in [0.1, 0.15) is 0 Å². The van der Waals surface area contributed by atoms with Crippen molar-refractivity contribution < 1.29 is 0 Å². The fourth-order valence-electron chi connectivity index (χ4n) is 2.65. The van der Waals surface area contributed by atoms with Gasteiger partial charge in [0.15, 0.2) is 0 Å². The van der Waals surface area contributed by atoms with E-state index in [4.69, 9.17) is 0 Å². The summed E-state index contributed by atoms with van der Waals surface area (Å²) in [5.74, 6) is 0. The van der Waals surface area contributed by atoms with E-state index in [1.807, 2.05) is 0 Å². The van der Waals surface area contributed by atoms with E-state index in [2.05, 4.69) is 65.6 Å². The van der Waals surface area contributed by atoms with Crippen molar-refractivity contribution in [1.29, 1.82) is 0 Å². The molecule has 1 aliphatic heterocycles. The number of hydrogen-bond acceptors (Lipinski definition) is 1. The summed E-state index contributed by atoms with van der Waals surface area (Å²) in [6, 6.07) is 22.0. The minimum atomic E-state index is -0.236. The maximum atomic E-state index is 2.63. The van der Waals surface area contributed by atoms with Crippen LogP contribution in [-0.4, -0.2) is 24.3 Å². The lowest BCUT2D eigenvalue weighted by Crippen LogP contribution is -2.26. The molecule has 0 N–H and O–H groups in total. The molecule has 0 spiro atoms. The third-order valence-corrected chi connectivity index (χ3v) is 6.20. The van der Waals surface area contributed by atoms with Crippen LogP contribution in [0.5, 0.6) is 0 Å². The normalized spacial score (nSPS) is 16.1. The van der Waals surface area contributed by atoms with Gasteiger partial charge in [-0.1, -0.05) is 60.7 Å². The zero-order valence-electron chi connectivity index (χ0n) is 11.2. The van der Waals surface area contributed by atoms with Gasteiger partial charge in [0.25, 0.3) is 0 Å². The van der Waals surface area contributed by atoms with Gasteiger partial charge < -0.3 is 0 Å². The first kappa shape index (κ1) is 12.8. The van der Waals surface area contributed by atoms with Gasteiger partial charge in [0, 0.05) is 6.29 Å². The van der Waals surface area contributed by atoms with Gasteiger partial charge in [-0.3, -0.25) is 4.90 Å². The Kier molecular flexibility index (Phi) is 4.27. The van der Waals surface area contributed by atoms with Gasteiger partial charge >= 0.3 is 0 Å². The van der Waals surface area contributed by atoms with Crippen LogP contribution in [0.1, 0.15) is 12.8 Å². The average molecular weight is 269 g/mol. The molecule has 1 nitrogen and oxygen atoms in total. The van der Waals surface area contributed by atoms with E-state index in [-0.39, 0.29) is 7.92 Å². The van der Waals surface area contributed by atoms with E-state index in [1.54, 1.807) is 0 Å². The SMILES string of the molecule is c1ccc(P(CN2CCCC2)c2ccccc2)cc1. The van der Waals surface area contributed by atoms with Crippen LogP contribution in [0.15, 0.2) is 60.7 Å². The summed E-state index contributed by atoms with van der Waals surface area (Å²) < 4.78 is 0. The maximum absolute atomic E-state index is 2.63. The first-order chi connectivity index (χ1) is 9.43. The molecule has 0 radical (unpaired) electrons. The standard InChI is InChI=1S/C17H20NP/c1-3-9-16(10-4-1)19(15-18-13-7-8-14-18)17-11-5-2-6-12-17/h1-6,9-12H,7-8,13-15H2. The number of nitrogens with zero attached hydrogens (tertiary/aromatic N) is 1. The lowest BCUT2D eigenvalue weighted by Gasteiger charge is -2.24. The van der Waals surface area contributed by atoms with Crippen LogP contribution in [0.3, 0.4) is 0 Å². The Labute approximate surface area is 117 Å². The van der Waals surface area contributed by atoms with Crippen LogP contribution >= 0.6 is 7.92 Å². The van der Waals surface area contributed by atoms with Crippen LogP contribution in [0.2, 0.25) is 0 Å². The van der Waals surface area contributed by atoms with Gasteiger partial charge in [-0.05, 0) is 44.5 Å². The highest BCUT2D eigenvalue weighted by Crippen LogP contribution is 2.35. The van der Waals surface area contributed by atoms with E-state index >= 15 is 0 Å². The number of hydrogen-bond donors (Lipinski definition) is 0. The smallest absolute Gasteiger partial charge is 0.0265 e. The fraction of sp³-hybridized carbons (Fsp3) is 0.294. The highest BCUT2D eigenvalue weighted by atomic mass is 31.1. The van der Waals surface area contributed by atoms with Crippen LogP contribution in [0.4, 0.5) is 0 Å². The summed E-state index contributed by atoms with van der Waals surface area (Å²) in [7, 11) is -0.236. The molecule has 2 heteroatoms. The Bertz CT molecular complexity index is 452. The van der Waals surface area contributed by atoms with Crippen molar-refractivity contribution in [2.24, 2.45) is 0 Å². The summed E-state index contributed by atoms with van der Waals surface area (Å²) in [5, 5.41) is 2.99. The summed E-state index contributed by atoms with van der Waals surface area (Å²) in [6.07, 6.45) is 3.95. The highest BCUT2D eigenvalue weighted by Gasteiger charge is 2.19. The Morgan fingerprint density at radius 2 is 1.21 bits per heavy atom. The lowest BCUT2D eigenvalue weighted by molar-refractivity contribution is 0.399. The van der Waals surface area contributed by atoms with Gasteiger partial charge in [-0.2, -0.15) is 0 Å². The molecule has 2 aromatic carbocycles. The van der Waals surface area contributed by atoms with Crippen molar-refractivity contribution in [1.82, 2.24) is 4.90 Å². The van der Waals surface area contributed by atoms with Gasteiger partial charge in [-0.15, -0.1) is 0 Å². The Morgan fingerprint density at radius 1 is 0.737 bits per heavy atom. The third-order valence-electron chi connectivity index (χ3n) is 3.68. The molecule has 1 fully saturated rings. The molecule has 19 heavy (non-hydrogen) atoms. The van der Waals surface area contributed by atoms with Crippen molar-refractivity contribution in [3.8, 4) is 0 Å². The average Bonchev–Trinajstić information content (AvgIpc) is 3.00. The molecule has 0 aromatic heterocycles. The molecule has 0 unspecified atom stereocenters. The molecule has 98 valence electrons. The molecule has 0 aliphatic carbocycles. The Balaban J connectivity index is 1.87. The van der Waals surface area contributed by atoms with E-state index < -0.39 is 0 Å². The largest absolute Gasteiger partial charge is 0.299 e. The molecule has 1 heterocycles. The van der Waals surface area contributed by atoms with E-state index in [9.17, 15) is 0 Å². The summed E-state index contributed by atoms with van der Waals surface area (Å²) in [6.45, 7) is 2.55. The zero-order chi connectivity index (χ0) is 12.9. The Morgan fingerprint density at radius 3 is 1.68 bits per heavy atom. The first-order valence-electron chi connectivity index (χ1n) is 7.03. The van der Waals surface area contributed by atoms with Crippen LogP contribution < -0.4 is 10.6 Å². The van der Waals surface area contributed by atoms with E-state index in [1.165, 1.54) is 42.8 Å². The molecule has 1 saturated heterocycles.